The lowest BCUT2D eigenvalue weighted by Crippen LogP contribution is -2.59. The highest BCUT2D eigenvalue weighted by molar-refractivity contribution is 14.1. The number of halogens is 1. The summed E-state index contributed by atoms with van der Waals surface area (Å²) in [6, 6.07) is 0. The van der Waals surface area contributed by atoms with E-state index in [4.69, 9.17) is 9.16 Å². The van der Waals surface area contributed by atoms with Crippen molar-refractivity contribution in [2.45, 2.75) is 61.1 Å². The second-order valence-corrected chi connectivity index (χ2v) is 13.8. The van der Waals surface area contributed by atoms with E-state index in [1.165, 1.54) is 0 Å². The van der Waals surface area contributed by atoms with E-state index in [-0.39, 0.29) is 26.8 Å². The summed E-state index contributed by atoms with van der Waals surface area (Å²) in [4.78, 5) is 26.5. The molecular formula is C14H22INO4Si. The summed E-state index contributed by atoms with van der Waals surface area (Å²) >= 11 is 2.09. The number of carbonyl (C=O) groups is 2. The molecule has 21 heavy (non-hydrogen) atoms. The number of ether oxygens (including phenoxy) is 1. The van der Waals surface area contributed by atoms with Gasteiger partial charge in [-0.05, 0) is 24.6 Å². The summed E-state index contributed by atoms with van der Waals surface area (Å²) in [5, 5.41) is 0.0188. The fourth-order valence-corrected chi connectivity index (χ4v) is 5.82. The molecule has 3 saturated heterocycles. The van der Waals surface area contributed by atoms with Crippen molar-refractivity contribution in [2.75, 3.05) is 6.54 Å². The number of rotatable bonds is 2. The molecule has 0 aromatic carbocycles. The SMILES string of the molecule is CC(C)(C)[Si](C)(C)O[C@@]12[C@H]3CCN1C(=O)[C@@H](I)[C@@H]2OC3=O. The Labute approximate surface area is 140 Å². The molecule has 3 fully saturated rings. The molecule has 3 aliphatic rings. The van der Waals surface area contributed by atoms with Crippen LogP contribution in [0.5, 0.6) is 0 Å². The van der Waals surface area contributed by atoms with E-state index in [0.29, 0.717) is 13.0 Å². The summed E-state index contributed by atoms with van der Waals surface area (Å²) in [5.41, 5.74) is -0.844. The fraction of sp³-hybridized carbons (Fsp3) is 0.857. The second kappa shape index (κ2) is 4.44. The van der Waals surface area contributed by atoms with Gasteiger partial charge in [0, 0.05) is 6.54 Å². The predicted molar refractivity (Wildman–Crippen MR) is 88.5 cm³/mol. The molecule has 5 nitrogen and oxygen atoms in total. The first kappa shape index (κ1) is 15.7. The third-order valence-electron chi connectivity index (χ3n) is 5.49. The summed E-state index contributed by atoms with van der Waals surface area (Å²) in [7, 11) is -2.13. The van der Waals surface area contributed by atoms with Crippen molar-refractivity contribution in [3.8, 4) is 0 Å². The van der Waals surface area contributed by atoms with E-state index < -0.39 is 20.1 Å². The third-order valence-corrected chi connectivity index (χ3v) is 11.1. The first-order chi connectivity index (χ1) is 9.52. The average molecular weight is 423 g/mol. The Morgan fingerprint density at radius 3 is 2.57 bits per heavy atom. The minimum absolute atomic E-state index is 0.0188. The van der Waals surface area contributed by atoms with Crippen LogP contribution >= 0.6 is 22.6 Å². The number of carbonyl (C=O) groups excluding carboxylic acids is 2. The van der Waals surface area contributed by atoms with Crippen LogP contribution in [0.15, 0.2) is 0 Å². The molecule has 0 bridgehead atoms. The van der Waals surface area contributed by atoms with Gasteiger partial charge in [0.1, 0.15) is 9.84 Å². The zero-order valence-corrected chi connectivity index (χ0v) is 16.3. The molecule has 0 spiro atoms. The maximum absolute atomic E-state index is 12.5. The summed E-state index contributed by atoms with van der Waals surface area (Å²) in [5.74, 6) is -0.468. The number of hydrogen-bond acceptors (Lipinski definition) is 4. The molecule has 7 heteroatoms. The normalized spacial score (nSPS) is 39.0. The summed E-state index contributed by atoms with van der Waals surface area (Å²) in [6.07, 6.45) is 0.193. The first-order valence-electron chi connectivity index (χ1n) is 7.38. The van der Waals surface area contributed by atoms with Crippen LogP contribution in [-0.4, -0.2) is 47.4 Å². The van der Waals surface area contributed by atoms with Gasteiger partial charge in [-0.3, -0.25) is 9.59 Å². The molecule has 1 amide bonds. The Balaban J connectivity index is 2.05. The zero-order valence-electron chi connectivity index (χ0n) is 13.1. The van der Waals surface area contributed by atoms with Crippen LogP contribution in [0.4, 0.5) is 0 Å². The topological polar surface area (TPSA) is 55.8 Å². The van der Waals surface area contributed by atoms with Crippen molar-refractivity contribution in [1.29, 1.82) is 0 Å². The van der Waals surface area contributed by atoms with E-state index in [0.717, 1.165) is 0 Å². The smallest absolute Gasteiger partial charge is 0.314 e. The van der Waals surface area contributed by atoms with Crippen LogP contribution in [0.25, 0.3) is 0 Å². The largest absolute Gasteiger partial charge is 0.455 e. The quantitative estimate of drug-likeness (QED) is 0.296. The Morgan fingerprint density at radius 2 is 2.00 bits per heavy atom. The number of esters is 1. The fourth-order valence-electron chi connectivity index (χ4n) is 3.33. The number of hydrogen-bond donors (Lipinski definition) is 0. The Morgan fingerprint density at radius 1 is 1.38 bits per heavy atom. The van der Waals surface area contributed by atoms with Crippen molar-refractivity contribution >= 4 is 42.8 Å². The van der Waals surface area contributed by atoms with Gasteiger partial charge in [0.05, 0.1) is 0 Å². The number of alkyl halides is 1. The maximum atomic E-state index is 12.5. The van der Waals surface area contributed by atoms with Crippen LogP contribution in [0.2, 0.25) is 18.1 Å². The molecule has 3 aliphatic heterocycles. The lowest BCUT2D eigenvalue weighted by Gasteiger charge is -2.45. The van der Waals surface area contributed by atoms with E-state index in [1.807, 2.05) is 0 Å². The molecule has 0 radical (unpaired) electrons. The standard InChI is InChI=1S/C14H22INO4Si/c1-13(2,3)21(4,5)20-14-8-6-7-16(14)11(17)9(15)10(14)19-12(8)18/h8-10H,6-7H2,1-5H3/t8-,9-,10-,14+/m0/s1. The molecule has 3 heterocycles. The highest BCUT2D eigenvalue weighted by Gasteiger charge is 2.74. The van der Waals surface area contributed by atoms with Gasteiger partial charge in [-0.2, -0.15) is 0 Å². The number of nitrogens with zero attached hydrogens (tertiary/aromatic N) is 1. The molecule has 0 aromatic heterocycles. The van der Waals surface area contributed by atoms with Crippen molar-refractivity contribution in [3.63, 3.8) is 0 Å². The highest BCUT2D eigenvalue weighted by Crippen LogP contribution is 2.55. The lowest BCUT2D eigenvalue weighted by atomic mass is 9.96. The van der Waals surface area contributed by atoms with Gasteiger partial charge in [-0.1, -0.05) is 43.4 Å². The molecule has 4 atom stereocenters. The Hall–Kier alpha value is -0.153. The van der Waals surface area contributed by atoms with E-state index in [1.54, 1.807) is 4.90 Å². The van der Waals surface area contributed by atoms with Crippen LogP contribution in [-0.2, 0) is 18.8 Å². The maximum Gasteiger partial charge on any atom is 0.314 e. The average Bonchev–Trinajstić information content (AvgIpc) is 2.88. The lowest BCUT2D eigenvalue weighted by molar-refractivity contribution is -0.144. The Kier molecular flexibility index (Phi) is 3.33. The molecule has 0 saturated carbocycles. The van der Waals surface area contributed by atoms with Gasteiger partial charge in [-0.15, -0.1) is 0 Å². The molecule has 118 valence electrons. The Bertz CT molecular complexity index is 518. The molecule has 3 rings (SSSR count). The minimum atomic E-state index is -2.13. The van der Waals surface area contributed by atoms with E-state index in [2.05, 4.69) is 56.5 Å². The van der Waals surface area contributed by atoms with Crippen LogP contribution in [0.1, 0.15) is 27.2 Å². The first-order valence-corrected chi connectivity index (χ1v) is 11.5. The van der Waals surface area contributed by atoms with Gasteiger partial charge >= 0.3 is 5.97 Å². The van der Waals surface area contributed by atoms with Crippen molar-refractivity contribution in [1.82, 2.24) is 4.90 Å². The van der Waals surface area contributed by atoms with Crippen LogP contribution < -0.4 is 0 Å². The highest BCUT2D eigenvalue weighted by atomic mass is 127. The zero-order chi connectivity index (χ0) is 15.8. The predicted octanol–water partition coefficient (Wildman–Crippen LogP) is 2.30. The van der Waals surface area contributed by atoms with Gasteiger partial charge in [0.15, 0.2) is 20.1 Å². The number of amides is 1. The van der Waals surface area contributed by atoms with Crippen molar-refractivity contribution in [2.24, 2.45) is 5.92 Å². The molecule has 0 aromatic rings. The third kappa shape index (κ3) is 1.89. The van der Waals surface area contributed by atoms with E-state index >= 15 is 0 Å². The van der Waals surface area contributed by atoms with Gasteiger partial charge in [0.25, 0.3) is 0 Å². The molecule has 0 N–H and O–H groups in total. The monoisotopic (exact) mass is 423 g/mol. The summed E-state index contributed by atoms with van der Waals surface area (Å²) in [6.45, 7) is 11.4. The van der Waals surface area contributed by atoms with Crippen LogP contribution in [0, 0.1) is 5.92 Å². The van der Waals surface area contributed by atoms with E-state index in [9.17, 15) is 9.59 Å². The minimum Gasteiger partial charge on any atom is -0.455 e. The second-order valence-electron chi connectivity index (χ2n) is 7.70. The summed E-state index contributed by atoms with van der Waals surface area (Å²) < 4.78 is 11.9. The van der Waals surface area contributed by atoms with Crippen molar-refractivity contribution < 1.29 is 18.8 Å². The van der Waals surface area contributed by atoms with Gasteiger partial charge < -0.3 is 14.1 Å². The van der Waals surface area contributed by atoms with Gasteiger partial charge in [0.2, 0.25) is 5.91 Å². The molecule has 0 aliphatic carbocycles. The molecule has 0 unspecified atom stereocenters. The van der Waals surface area contributed by atoms with Gasteiger partial charge in [-0.25, -0.2) is 0 Å². The van der Waals surface area contributed by atoms with Crippen molar-refractivity contribution in [3.05, 3.63) is 0 Å². The van der Waals surface area contributed by atoms with Crippen LogP contribution in [0.3, 0.4) is 0 Å². The molecular weight excluding hydrogens is 401 g/mol.